The molecule has 0 saturated heterocycles. The third kappa shape index (κ3) is 3.82. The summed E-state index contributed by atoms with van der Waals surface area (Å²) in [5, 5.41) is 19.7. The highest BCUT2D eigenvalue weighted by atomic mass is 32.2. The van der Waals surface area contributed by atoms with Crippen molar-refractivity contribution >= 4 is 15.7 Å². The molecule has 0 aliphatic heterocycles. The zero-order valence-electron chi connectivity index (χ0n) is 9.92. The standard InChI is InChI=1S/C9H11F2N3O5S/c10-9(11,4-12)5-13-20(18,19)6-1-2-8(15)7(3-6)14(16)17/h1-3,13,15H,4-5,12H2. The lowest BCUT2D eigenvalue weighted by Crippen LogP contribution is -2.41. The minimum Gasteiger partial charge on any atom is -0.502 e. The van der Waals surface area contributed by atoms with Crippen LogP contribution in [0.3, 0.4) is 0 Å². The average Bonchev–Trinajstić information content (AvgIpc) is 2.36. The Morgan fingerprint density at radius 1 is 1.45 bits per heavy atom. The number of phenolic OH excluding ortho intramolecular Hbond substituents is 1. The van der Waals surface area contributed by atoms with E-state index in [1.54, 1.807) is 4.72 Å². The lowest BCUT2D eigenvalue weighted by atomic mass is 10.3. The quantitative estimate of drug-likeness (QED) is 0.506. The Kier molecular flexibility index (Phi) is 4.57. The maximum atomic E-state index is 12.9. The number of aromatic hydroxyl groups is 1. The van der Waals surface area contributed by atoms with E-state index < -0.39 is 50.3 Å². The van der Waals surface area contributed by atoms with Gasteiger partial charge in [0.1, 0.15) is 0 Å². The summed E-state index contributed by atoms with van der Waals surface area (Å²) in [5.74, 6) is -4.17. The predicted molar refractivity (Wildman–Crippen MR) is 64.0 cm³/mol. The zero-order valence-corrected chi connectivity index (χ0v) is 10.7. The molecular formula is C9H11F2N3O5S. The van der Waals surface area contributed by atoms with Crippen molar-refractivity contribution in [1.82, 2.24) is 4.72 Å². The van der Waals surface area contributed by atoms with Crippen molar-refractivity contribution < 1.29 is 27.2 Å². The van der Waals surface area contributed by atoms with Crippen molar-refractivity contribution in [3.63, 3.8) is 0 Å². The number of hydrogen-bond donors (Lipinski definition) is 3. The molecule has 8 nitrogen and oxygen atoms in total. The van der Waals surface area contributed by atoms with E-state index >= 15 is 0 Å². The number of nitrogens with zero attached hydrogens (tertiary/aromatic N) is 1. The van der Waals surface area contributed by atoms with Gasteiger partial charge in [0.2, 0.25) is 10.0 Å². The van der Waals surface area contributed by atoms with Gasteiger partial charge in [-0.05, 0) is 12.1 Å². The first-order valence-corrected chi connectivity index (χ1v) is 6.62. The molecular weight excluding hydrogens is 300 g/mol. The largest absolute Gasteiger partial charge is 0.502 e. The minimum atomic E-state index is -4.38. The number of alkyl halides is 2. The van der Waals surface area contributed by atoms with Gasteiger partial charge < -0.3 is 10.8 Å². The molecule has 0 aromatic heterocycles. The lowest BCUT2D eigenvalue weighted by Gasteiger charge is -2.14. The van der Waals surface area contributed by atoms with E-state index in [4.69, 9.17) is 5.73 Å². The second-order valence-electron chi connectivity index (χ2n) is 3.79. The third-order valence-corrected chi connectivity index (χ3v) is 3.67. The van der Waals surface area contributed by atoms with Gasteiger partial charge in [-0.15, -0.1) is 0 Å². The summed E-state index contributed by atoms with van der Waals surface area (Å²) in [4.78, 5) is 8.95. The van der Waals surface area contributed by atoms with Gasteiger partial charge in [0, 0.05) is 6.07 Å². The Morgan fingerprint density at radius 2 is 2.05 bits per heavy atom. The van der Waals surface area contributed by atoms with Crippen molar-refractivity contribution in [3.8, 4) is 5.75 Å². The molecule has 0 amide bonds. The van der Waals surface area contributed by atoms with Crippen LogP contribution in [-0.2, 0) is 10.0 Å². The molecule has 11 heteroatoms. The van der Waals surface area contributed by atoms with Gasteiger partial charge >= 0.3 is 5.69 Å². The highest BCUT2D eigenvalue weighted by Gasteiger charge is 2.30. The van der Waals surface area contributed by atoms with Crippen LogP contribution in [0, 0.1) is 10.1 Å². The Morgan fingerprint density at radius 3 is 2.55 bits per heavy atom. The Bertz CT molecular complexity index is 620. The number of nitrogens with two attached hydrogens (primary N) is 1. The minimum absolute atomic E-state index is 0.568. The molecule has 0 heterocycles. The van der Waals surface area contributed by atoms with E-state index in [1.807, 2.05) is 0 Å². The topological polar surface area (TPSA) is 136 Å². The van der Waals surface area contributed by atoms with Crippen LogP contribution in [-0.4, -0.2) is 37.5 Å². The Labute approximate surface area is 112 Å². The van der Waals surface area contributed by atoms with Crippen LogP contribution in [0.1, 0.15) is 0 Å². The molecule has 0 atom stereocenters. The van der Waals surface area contributed by atoms with E-state index in [9.17, 15) is 32.4 Å². The predicted octanol–water partition coefficient (Wildman–Crippen LogP) is 0.173. The van der Waals surface area contributed by atoms with Gasteiger partial charge in [-0.2, -0.15) is 0 Å². The van der Waals surface area contributed by atoms with Gasteiger partial charge in [-0.25, -0.2) is 21.9 Å². The lowest BCUT2D eigenvalue weighted by molar-refractivity contribution is -0.386. The summed E-state index contributed by atoms with van der Waals surface area (Å²) in [7, 11) is -4.38. The summed E-state index contributed by atoms with van der Waals surface area (Å²) < 4.78 is 50.7. The molecule has 0 saturated carbocycles. The van der Waals surface area contributed by atoms with Crippen LogP contribution < -0.4 is 10.5 Å². The number of halogens is 2. The molecule has 0 aliphatic carbocycles. The first kappa shape index (κ1) is 16.2. The van der Waals surface area contributed by atoms with Crippen molar-refractivity contribution in [2.45, 2.75) is 10.8 Å². The average molecular weight is 311 g/mol. The van der Waals surface area contributed by atoms with Gasteiger partial charge in [0.25, 0.3) is 5.92 Å². The first-order valence-electron chi connectivity index (χ1n) is 5.14. The molecule has 0 aliphatic rings. The molecule has 1 rings (SSSR count). The van der Waals surface area contributed by atoms with Gasteiger partial charge in [0.15, 0.2) is 5.75 Å². The van der Waals surface area contributed by atoms with Gasteiger partial charge in [0.05, 0.1) is 22.9 Å². The molecule has 0 bridgehead atoms. The second-order valence-corrected chi connectivity index (χ2v) is 5.56. The number of sulfonamides is 1. The fraction of sp³-hybridized carbons (Fsp3) is 0.333. The normalized spacial score (nSPS) is 12.3. The number of benzene rings is 1. The van der Waals surface area contributed by atoms with Gasteiger partial charge in [-0.3, -0.25) is 10.1 Å². The van der Waals surface area contributed by atoms with Crippen LogP contribution in [0.5, 0.6) is 5.75 Å². The van der Waals surface area contributed by atoms with Crippen LogP contribution in [0.2, 0.25) is 0 Å². The monoisotopic (exact) mass is 311 g/mol. The van der Waals surface area contributed by atoms with E-state index in [0.29, 0.717) is 6.07 Å². The van der Waals surface area contributed by atoms with Crippen LogP contribution >= 0.6 is 0 Å². The Balaban J connectivity index is 3.05. The summed E-state index contributed by atoms with van der Waals surface area (Å²) in [6.07, 6.45) is 0. The molecule has 0 unspecified atom stereocenters. The molecule has 0 fully saturated rings. The number of rotatable bonds is 6. The molecule has 4 N–H and O–H groups in total. The molecule has 1 aromatic rings. The van der Waals surface area contributed by atoms with Crippen molar-refractivity contribution in [2.24, 2.45) is 5.73 Å². The fourth-order valence-electron chi connectivity index (χ4n) is 1.17. The SMILES string of the molecule is NCC(F)(F)CNS(=O)(=O)c1ccc(O)c([N+](=O)[O-])c1. The Hall–Kier alpha value is -1.85. The molecule has 0 spiro atoms. The van der Waals surface area contributed by atoms with Gasteiger partial charge in [-0.1, -0.05) is 0 Å². The maximum absolute atomic E-state index is 12.9. The highest BCUT2D eigenvalue weighted by Crippen LogP contribution is 2.28. The maximum Gasteiger partial charge on any atom is 0.312 e. The van der Waals surface area contributed by atoms with Crippen LogP contribution in [0.25, 0.3) is 0 Å². The number of hydrogen-bond acceptors (Lipinski definition) is 6. The summed E-state index contributed by atoms with van der Waals surface area (Å²) in [6.45, 7) is -2.29. The first-order chi connectivity index (χ1) is 9.09. The molecule has 20 heavy (non-hydrogen) atoms. The van der Waals surface area contributed by atoms with Crippen molar-refractivity contribution in [1.29, 1.82) is 0 Å². The number of nitro benzene ring substituents is 1. The summed E-state index contributed by atoms with van der Waals surface area (Å²) >= 11 is 0. The van der Waals surface area contributed by atoms with E-state index in [0.717, 1.165) is 12.1 Å². The molecule has 1 aromatic carbocycles. The second kappa shape index (κ2) is 5.64. The highest BCUT2D eigenvalue weighted by molar-refractivity contribution is 7.89. The van der Waals surface area contributed by atoms with E-state index in [1.165, 1.54) is 0 Å². The third-order valence-electron chi connectivity index (χ3n) is 2.27. The number of nitrogens with one attached hydrogen (secondary N) is 1. The van der Waals surface area contributed by atoms with Crippen molar-refractivity contribution in [2.75, 3.05) is 13.1 Å². The molecule has 0 radical (unpaired) electrons. The number of nitro groups is 1. The zero-order chi connectivity index (χ0) is 15.6. The van der Waals surface area contributed by atoms with Crippen LogP contribution in [0.4, 0.5) is 14.5 Å². The van der Waals surface area contributed by atoms with Crippen LogP contribution in [0.15, 0.2) is 23.1 Å². The smallest absolute Gasteiger partial charge is 0.312 e. The summed E-state index contributed by atoms with van der Waals surface area (Å²) in [6, 6.07) is 2.21. The van der Waals surface area contributed by atoms with Crippen molar-refractivity contribution in [3.05, 3.63) is 28.3 Å². The van der Waals surface area contributed by atoms with E-state index in [-0.39, 0.29) is 0 Å². The summed E-state index contributed by atoms with van der Waals surface area (Å²) in [5.41, 5.74) is 3.90. The number of phenols is 1. The molecule has 112 valence electrons. The van der Waals surface area contributed by atoms with E-state index in [2.05, 4.69) is 0 Å². The fourth-order valence-corrected chi connectivity index (χ4v) is 2.25.